The summed E-state index contributed by atoms with van der Waals surface area (Å²) in [6.07, 6.45) is -1.00. The summed E-state index contributed by atoms with van der Waals surface area (Å²) in [5.74, 6) is -1.70. The van der Waals surface area contributed by atoms with Gasteiger partial charge in [0.05, 0.1) is 0 Å². The fraction of sp³-hybridized carbons (Fsp3) is 0.579. The zero-order chi connectivity index (χ0) is 19.5. The highest BCUT2D eigenvalue weighted by Crippen LogP contribution is 2.36. The molecule has 0 aromatic heterocycles. The fourth-order valence-corrected chi connectivity index (χ4v) is 3.22. The van der Waals surface area contributed by atoms with Gasteiger partial charge in [-0.15, -0.1) is 0 Å². The molecule has 1 heterocycles. The summed E-state index contributed by atoms with van der Waals surface area (Å²) in [6.45, 7) is 5.53. The zero-order valence-corrected chi connectivity index (χ0v) is 15.5. The summed E-state index contributed by atoms with van der Waals surface area (Å²) < 4.78 is 21.4. The maximum atomic E-state index is 16.1. The second-order valence-electron chi connectivity index (χ2n) is 7.78. The molecule has 144 valence electrons. The van der Waals surface area contributed by atoms with E-state index in [1.165, 1.54) is 0 Å². The largest absolute Gasteiger partial charge is 0.465 e. The van der Waals surface area contributed by atoms with Crippen LogP contribution >= 0.6 is 0 Å². The standard InChI is InChI=1S/C19H27FN2O4/c1-18(2,3)26-16(23)19(20,15-7-8-22(12-15)17(24)25)10-13-5-4-6-14(9-13)11-21/h4-6,9,15H,7-8,10-12,21H2,1-3H3,(H,24,25)/t15-,19?/m0/s1. The number of hydrogen-bond donors (Lipinski definition) is 2. The van der Waals surface area contributed by atoms with Crippen LogP contribution in [0.15, 0.2) is 24.3 Å². The highest BCUT2D eigenvalue weighted by atomic mass is 19.1. The minimum Gasteiger partial charge on any atom is -0.465 e. The number of nitrogens with zero attached hydrogens (tertiary/aromatic N) is 1. The average molecular weight is 366 g/mol. The molecule has 3 N–H and O–H groups in total. The number of benzene rings is 1. The van der Waals surface area contributed by atoms with Gasteiger partial charge in [-0.3, -0.25) is 0 Å². The molecule has 0 bridgehead atoms. The predicted molar refractivity (Wildman–Crippen MR) is 95.4 cm³/mol. The number of halogens is 1. The molecule has 0 aliphatic carbocycles. The molecule has 1 saturated heterocycles. The van der Waals surface area contributed by atoms with Crippen molar-refractivity contribution in [1.29, 1.82) is 0 Å². The van der Waals surface area contributed by atoms with Gasteiger partial charge in [-0.1, -0.05) is 24.3 Å². The first-order valence-electron chi connectivity index (χ1n) is 8.73. The van der Waals surface area contributed by atoms with Crippen molar-refractivity contribution in [3.05, 3.63) is 35.4 Å². The van der Waals surface area contributed by atoms with Crippen molar-refractivity contribution in [3.63, 3.8) is 0 Å². The van der Waals surface area contributed by atoms with Crippen molar-refractivity contribution in [2.45, 2.75) is 51.4 Å². The fourth-order valence-electron chi connectivity index (χ4n) is 3.22. The molecule has 6 nitrogen and oxygen atoms in total. The molecule has 1 aromatic rings. The lowest BCUT2D eigenvalue weighted by molar-refractivity contribution is -0.173. The Morgan fingerprint density at radius 1 is 1.35 bits per heavy atom. The van der Waals surface area contributed by atoms with Gasteiger partial charge < -0.3 is 20.5 Å². The number of rotatable bonds is 5. The smallest absolute Gasteiger partial charge is 0.407 e. The number of carbonyl (C=O) groups is 2. The second kappa shape index (κ2) is 7.61. The third-order valence-corrected chi connectivity index (χ3v) is 4.53. The number of amides is 1. The topological polar surface area (TPSA) is 92.9 Å². The third kappa shape index (κ3) is 4.72. The maximum Gasteiger partial charge on any atom is 0.407 e. The van der Waals surface area contributed by atoms with Crippen LogP contribution in [0.4, 0.5) is 9.18 Å². The van der Waals surface area contributed by atoms with E-state index in [-0.39, 0.29) is 25.9 Å². The third-order valence-electron chi connectivity index (χ3n) is 4.53. The number of alkyl halides is 1. The highest BCUT2D eigenvalue weighted by Gasteiger charge is 2.51. The Morgan fingerprint density at radius 3 is 2.54 bits per heavy atom. The van der Waals surface area contributed by atoms with Crippen molar-refractivity contribution in [2.24, 2.45) is 11.7 Å². The van der Waals surface area contributed by atoms with E-state index in [0.717, 1.165) is 10.5 Å². The molecular formula is C19H27FN2O4. The molecule has 1 aromatic carbocycles. The highest BCUT2D eigenvalue weighted by molar-refractivity contribution is 5.81. The van der Waals surface area contributed by atoms with Crippen molar-refractivity contribution in [1.82, 2.24) is 4.90 Å². The van der Waals surface area contributed by atoms with Gasteiger partial charge in [0.1, 0.15) is 5.60 Å². The SMILES string of the molecule is CC(C)(C)OC(=O)C(F)(Cc1cccc(CN)c1)[C@H]1CCN(C(=O)O)C1. The van der Waals surface area contributed by atoms with Crippen LogP contribution in [0, 0.1) is 5.92 Å². The molecule has 2 atom stereocenters. The van der Waals surface area contributed by atoms with Gasteiger partial charge >= 0.3 is 12.1 Å². The quantitative estimate of drug-likeness (QED) is 0.782. The summed E-state index contributed by atoms with van der Waals surface area (Å²) >= 11 is 0. The zero-order valence-electron chi connectivity index (χ0n) is 15.5. The lowest BCUT2D eigenvalue weighted by atomic mass is 9.82. The first-order chi connectivity index (χ1) is 12.0. The molecular weight excluding hydrogens is 339 g/mol. The number of nitrogens with two attached hydrogens (primary N) is 1. The van der Waals surface area contributed by atoms with Gasteiger partial charge in [0.25, 0.3) is 0 Å². The van der Waals surface area contributed by atoms with Crippen LogP contribution in [-0.2, 0) is 22.5 Å². The molecule has 1 fully saturated rings. The summed E-state index contributed by atoms with van der Waals surface area (Å²) in [6, 6.07) is 7.11. The van der Waals surface area contributed by atoms with Crippen molar-refractivity contribution in [3.8, 4) is 0 Å². The number of carbonyl (C=O) groups excluding carboxylic acids is 1. The van der Waals surface area contributed by atoms with E-state index in [2.05, 4.69) is 0 Å². The molecule has 1 aliphatic heterocycles. The van der Waals surface area contributed by atoms with Gasteiger partial charge in [-0.05, 0) is 38.3 Å². The normalized spacial score (nSPS) is 19.9. The molecule has 0 spiro atoms. The van der Waals surface area contributed by atoms with E-state index >= 15 is 4.39 Å². The van der Waals surface area contributed by atoms with Gasteiger partial charge in [0, 0.05) is 32.0 Å². The molecule has 0 saturated carbocycles. The number of ether oxygens (including phenoxy) is 1. The first kappa shape index (κ1) is 20.2. The van der Waals surface area contributed by atoms with Crippen LogP contribution in [0.1, 0.15) is 38.3 Å². The monoisotopic (exact) mass is 366 g/mol. The van der Waals surface area contributed by atoms with E-state index in [9.17, 15) is 9.59 Å². The number of likely N-dealkylation sites (tertiary alicyclic amines) is 1. The van der Waals surface area contributed by atoms with Crippen molar-refractivity contribution in [2.75, 3.05) is 13.1 Å². The van der Waals surface area contributed by atoms with Crippen LogP contribution < -0.4 is 5.73 Å². The maximum absolute atomic E-state index is 16.1. The van der Waals surface area contributed by atoms with E-state index in [1.807, 2.05) is 6.07 Å². The van der Waals surface area contributed by atoms with Crippen LogP contribution in [0.25, 0.3) is 0 Å². The Balaban J connectivity index is 2.31. The van der Waals surface area contributed by atoms with Crippen molar-refractivity contribution >= 4 is 12.1 Å². The van der Waals surface area contributed by atoms with Crippen LogP contribution in [0.2, 0.25) is 0 Å². The Labute approximate surface area is 153 Å². The van der Waals surface area contributed by atoms with E-state index < -0.39 is 29.3 Å². The Morgan fingerprint density at radius 2 is 2.00 bits per heavy atom. The molecule has 1 aliphatic rings. The Bertz CT molecular complexity index is 674. The van der Waals surface area contributed by atoms with Gasteiger partial charge in [0.15, 0.2) is 0 Å². The molecule has 0 radical (unpaired) electrons. The number of esters is 1. The van der Waals surface area contributed by atoms with E-state index in [0.29, 0.717) is 12.1 Å². The minimum atomic E-state index is -2.30. The van der Waals surface area contributed by atoms with Crippen LogP contribution in [-0.4, -0.2) is 46.4 Å². The Hall–Kier alpha value is -2.15. The van der Waals surface area contributed by atoms with Crippen LogP contribution in [0.3, 0.4) is 0 Å². The molecule has 7 heteroatoms. The summed E-state index contributed by atoms with van der Waals surface area (Å²) in [7, 11) is 0. The van der Waals surface area contributed by atoms with Gasteiger partial charge in [-0.25, -0.2) is 14.0 Å². The molecule has 26 heavy (non-hydrogen) atoms. The van der Waals surface area contributed by atoms with Gasteiger partial charge in [-0.2, -0.15) is 0 Å². The van der Waals surface area contributed by atoms with E-state index in [4.69, 9.17) is 15.6 Å². The van der Waals surface area contributed by atoms with E-state index in [1.54, 1.807) is 39.0 Å². The second-order valence-corrected chi connectivity index (χ2v) is 7.78. The summed E-state index contributed by atoms with van der Waals surface area (Å²) in [5, 5.41) is 9.15. The average Bonchev–Trinajstić information content (AvgIpc) is 3.04. The summed E-state index contributed by atoms with van der Waals surface area (Å²) in [5.41, 5.74) is 3.98. The summed E-state index contributed by atoms with van der Waals surface area (Å²) in [4.78, 5) is 25.0. The lowest BCUT2D eigenvalue weighted by Gasteiger charge is -2.32. The first-order valence-corrected chi connectivity index (χ1v) is 8.73. The molecule has 1 unspecified atom stereocenters. The van der Waals surface area contributed by atoms with Crippen LogP contribution in [0.5, 0.6) is 0 Å². The number of carboxylic acid groups (broad SMARTS) is 1. The minimum absolute atomic E-state index is 0.0261. The van der Waals surface area contributed by atoms with Gasteiger partial charge in [0.2, 0.25) is 5.67 Å². The molecule has 2 rings (SSSR count). The number of hydrogen-bond acceptors (Lipinski definition) is 4. The predicted octanol–water partition coefficient (Wildman–Crippen LogP) is 2.74. The Kier molecular flexibility index (Phi) is 5.91. The van der Waals surface area contributed by atoms with Crippen molar-refractivity contribution < 1.29 is 23.8 Å². The lowest BCUT2D eigenvalue weighted by Crippen LogP contribution is -2.48. The molecule has 1 amide bonds.